The van der Waals surface area contributed by atoms with E-state index in [0.717, 1.165) is 18.7 Å². The van der Waals surface area contributed by atoms with Crippen molar-refractivity contribution in [1.82, 2.24) is 0 Å². The molecule has 0 heterocycles. The lowest BCUT2D eigenvalue weighted by Crippen LogP contribution is -2.12. The summed E-state index contributed by atoms with van der Waals surface area (Å²) in [5.41, 5.74) is 14.5. The molecule has 1 aromatic carbocycles. The van der Waals surface area contributed by atoms with Gasteiger partial charge in [-0.25, -0.2) is 0 Å². The Labute approximate surface area is 107 Å². The number of hydrogen-bond donors (Lipinski definition) is 3. The quantitative estimate of drug-likeness (QED) is 0.550. The van der Waals surface area contributed by atoms with Gasteiger partial charge in [0, 0.05) is 12.1 Å². The molecule has 0 aliphatic heterocycles. The molecule has 0 bridgehead atoms. The highest BCUT2D eigenvalue weighted by Gasteiger charge is 2.06. The molecule has 1 amide bonds. The molecule has 0 unspecified atom stereocenters. The molecule has 0 saturated heterocycles. The van der Waals surface area contributed by atoms with Gasteiger partial charge >= 0.3 is 0 Å². The van der Waals surface area contributed by atoms with Crippen LogP contribution in [-0.2, 0) is 0 Å². The third kappa shape index (κ3) is 3.03. The summed E-state index contributed by atoms with van der Waals surface area (Å²) in [6.45, 7) is 0.832. The van der Waals surface area contributed by atoms with Crippen LogP contribution in [0.4, 0.5) is 11.4 Å². The third-order valence-corrected chi connectivity index (χ3v) is 3.23. The van der Waals surface area contributed by atoms with Gasteiger partial charge in [-0.05, 0) is 43.9 Å². The van der Waals surface area contributed by atoms with Gasteiger partial charge < -0.3 is 16.8 Å². The van der Waals surface area contributed by atoms with Gasteiger partial charge in [0.2, 0.25) is 5.91 Å². The first kappa shape index (κ1) is 12.5. The highest BCUT2D eigenvalue weighted by Crippen LogP contribution is 2.23. The topological polar surface area (TPSA) is 81.1 Å². The molecule has 1 aliphatic carbocycles. The summed E-state index contributed by atoms with van der Waals surface area (Å²) in [5, 5.41) is 3.26. The normalized spacial score (nSPS) is 14.3. The number of allylic oxidation sites excluding steroid dienone is 1. The van der Waals surface area contributed by atoms with Crippen LogP contribution in [0.5, 0.6) is 0 Å². The van der Waals surface area contributed by atoms with Gasteiger partial charge in [-0.2, -0.15) is 0 Å². The molecule has 1 aliphatic rings. The Hall–Kier alpha value is -1.97. The van der Waals surface area contributed by atoms with Gasteiger partial charge in [0.1, 0.15) is 0 Å². The lowest BCUT2D eigenvalue weighted by Gasteiger charge is -2.10. The van der Waals surface area contributed by atoms with Crippen molar-refractivity contribution in [3.63, 3.8) is 0 Å². The minimum absolute atomic E-state index is 0.434. The van der Waals surface area contributed by atoms with Crippen molar-refractivity contribution >= 4 is 17.3 Å². The number of amides is 1. The van der Waals surface area contributed by atoms with Crippen LogP contribution < -0.4 is 16.8 Å². The summed E-state index contributed by atoms with van der Waals surface area (Å²) in [7, 11) is 0. The summed E-state index contributed by atoms with van der Waals surface area (Å²) in [6, 6.07) is 5.06. The number of nitrogen functional groups attached to an aromatic ring is 1. The van der Waals surface area contributed by atoms with E-state index >= 15 is 0 Å². The smallest absolute Gasteiger partial charge is 0.248 e. The first-order valence-electron chi connectivity index (χ1n) is 6.28. The largest absolute Gasteiger partial charge is 0.397 e. The van der Waals surface area contributed by atoms with Crippen LogP contribution in [-0.4, -0.2) is 12.5 Å². The van der Waals surface area contributed by atoms with Gasteiger partial charge in [0.25, 0.3) is 0 Å². The number of benzene rings is 1. The van der Waals surface area contributed by atoms with Crippen molar-refractivity contribution in [2.75, 3.05) is 17.6 Å². The molecule has 0 atom stereocenters. The number of nitrogens with one attached hydrogen (secondary N) is 1. The molecule has 0 saturated carbocycles. The number of carbonyl (C=O) groups excluding carboxylic acids is 1. The summed E-state index contributed by atoms with van der Waals surface area (Å²) in [6.07, 6.45) is 7.02. The minimum Gasteiger partial charge on any atom is -0.397 e. The first-order valence-corrected chi connectivity index (χ1v) is 6.28. The van der Waals surface area contributed by atoms with E-state index in [0.29, 0.717) is 11.3 Å². The van der Waals surface area contributed by atoms with E-state index in [1.54, 1.807) is 18.2 Å². The second-order valence-corrected chi connectivity index (χ2v) is 4.60. The molecule has 5 N–H and O–H groups in total. The van der Waals surface area contributed by atoms with Gasteiger partial charge in [-0.1, -0.05) is 11.6 Å². The van der Waals surface area contributed by atoms with Gasteiger partial charge in [-0.15, -0.1) is 0 Å². The average molecular weight is 245 g/mol. The second kappa shape index (κ2) is 5.58. The highest BCUT2D eigenvalue weighted by atomic mass is 16.1. The van der Waals surface area contributed by atoms with E-state index < -0.39 is 5.91 Å². The summed E-state index contributed by atoms with van der Waals surface area (Å²) < 4.78 is 0. The van der Waals surface area contributed by atoms with Crippen LogP contribution in [0.15, 0.2) is 29.8 Å². The van der Waals surface area contributed by atoms with Crippen LogP contribution in [0, 0.1) is 0 Å². The zero-order chi connectivity index (χ0) is 13.0. The summed E-state index contributed by atoms with van der Waals surface area (Å²) in [4.78, 5) is 11.1. The number of nitrogens with two attached hydrogens (primary N) is 2. The molecule has 0 fully saturated rings. The molecule has 2 rings (SSSR count). The Balaban J connectivity index is 1.95. The van der Waals surface area contributed by atoms with E-state index in [9.17, 15) is 4.79 Å². The predicted octanol–water partition coefficient (Wildman–Crippen LogP) is 2.28. The lowest BCUT2D eigenvalue weighted by molar-refractivity contribution is 0.100. The fraction of sp³-hybridized carbons (Fsp3) is 0.357. The molecular formula is C14H19N3O. The van der Waals surface area contributed by atoms with Crippen molar-refractivity contribution in [2.24, 2.45) is 5.73 Å². The van der Waals surface area contributed by atoms with Crippen LogP contribution in [0.1, 0.15) is 36.0 Å². The van der Waals surface area contributed by atoms with E-state index in [1.807, 2.05) is 0 Å². The zero-order valence-electron chi connectivity index (χ0n) is 10.4. The molecule has 0 radical (unpaired) electrons. The SMILES string of the molecule is NC(=O)c1ccc(N)c(NCCC2=CCCC2)c1. The molecule has 4 nitrogen and oxygen atoms in total. The lowest BCUT2D eigenvalue weighted by atomic mass is 10.1. The van der Waals surface area contributed by atoms with E-state index in [1.165, 1.54) is 24.8 Å². The maximum Gasteiger partial charge on any atom is 0.248 e. The standard InChI is InChI=1S/C14H19N3O/c15-12-6-5-11(14(16)18)9-13(12)17-8-7-10-3-1-2-4-10/h3,5-6,9,17H,1-2,4,7-8,15H2,(H2,16,18). The fourth-order valence-electron chi connectivity index (χ4n) is 2.18. The fourth-order valence-corrected chi connectivity index (χ4v) is 2.18. The van der Waals surface area contributed by atoms with E-state index in [-0.39, 0.29) is 0 Å². The molecule has 96 valence electrons. The Kier molecular flexibility index (Phi) is 3.87. The third-order valence-electron chi connectivity index (χ3n) is 3.23. The number of hydrogen-bond acceptors (Lipinski definition) is 3. The Morgan fingerprint density at radius 2 is 2.22 bits per heavy atom. The van der Waals surface area contributed by atoms with Crippen molar-refractivity contribution < 1.29 is 4.79 Å². The summed E-state index contributed by atoms with van der Waals surface area (Å²) in [5.74, 6) is -0.434. The van der Waals surface area contributed by atoms with Crippen LogP contribution in [0.2, 0.25) is 0 Å². The maximum absolute atomic E-state index is 11.1. The van der Waals surface area contributed by atoms with Crippen LogP contribution in [0.25, 0.3) is 0 Å². The van der Waals surface area contributed by atoms with Crippen molar-refractivity contribution in [3.8, 4) is 0 Å². The van der Waals surface area contributed by atoms with Crippen molar-refractivity contribution in [3.05, 3.63) is 35.4 Å². The van der Waals surface area contributed by atoms with Crippen LogP contribution >= 0.6 is 0 Å². The first-order chi connectivity index (χ1) is 8.66. The van der Waals surface area contributed by atoms with Gasteiger partial charge in [-0.3, -0.25) is 4.79 Å². The number of carbonyl (C=O) groups is 1. The average Bonchev–Trinajstić information content (AvgIpc) is 2.84. The Morgan fingerprint density at radius 3 is 2.89 bits per heavy atom. The predicted molar refractivity (Wildman–Crippen MR) is 74.4 cm³/mol. The second-order valence-electron chi connectivity index (χ2n) is 4.60. The van der Waals surface area contributed by atoms with Crippen molar-refractivity contribution in [2.45, 2.75) is 25.7 Å². The molecule has 1 aromatic rings. The Morgan fingerprint density at radius 1 is 1.39 bits per heavy atom. The molecule has 0 aromatic heterocycles. The number of primary amides is 1. The van der Waals surface area contributed by atoms with E-state index in [4.69, 9.17) is 11.5 Å². The molecule has 4 heteroatoms. The van der Waals surface area contributed by atoms with Crippen molar-refractivity contribution in [1.29, 1.82) is 0 Å². The molecule has 18 heavy (non-hydrogen) atoms. The molecular weight excluding hydrogens is 226 g/mol. The monoisotopic (exact) mass is 245 g/mol. The number of rotatable bonds is 5. The Bertz CT molecular complexity index is 480. The van der Waals surface area contributed by atoms with E-state index in [2.05, 4.69) is 11.4 Å². The van der Waals surface area contributed by atoms with Gasteiger partial charge in [0.15, 0.2) is 0 Å². The van der Waals surface area contributed by atoms with Crippen LogP contribution in [0.3, 0.4) is 0 Å². The van der Waals surface area contributed by atoms with Gasteiger partial charge in [0.05, 0.1) is 11.4 Å². The minimum atomic E-state index is -0.434. The maximum atomic E-state index is 11.1. The summed E-state index contributed by atoms with van der Waals surface area (Å²) >= 11 is 0. The zero-order valence-corrected chi connectivity index (χ0v) is 10.4. The molecule has 0 spiro atoms. The number of anilines is 2. The highest BCUT2D eigenvalue weighted by molar-refractivity contribution is 5.94.